The van der Waals surface area contributed by atoms with Gasteiger partial charge in [-0.2, -0.15) is 0 Å². The van der Waals surface area contributed by atoms with Crippen molar-refractivity contribution in [3.8, 4) is 5.75 Å². The highest BCUT2D eigenvalue weighted by atomic mass is 35.5. The van der Waals surface area contributed by atoms with Crippen LogP contribution >= 0.6 is 12.4 Å². The molecule has 0 spiro atoms. The van der Waals surface area contributed by atoms with Crippen LogP contribution in [0.3, 0.4) is 0 Å². The Morgan fingerprint density at radius 2 is 1.80 bits per heavy atom. The summed E-state index contributed by atoms with van der Waals surface area (Å²) >= 11 is 0. The van der Waals surface area contributed by atoms with E-state index < -0.39 is 0 Å². The van der Waals surface area contributed by atoms with E-state index in [0.717, 1.165) is 18.8 Å². The highest BCUT2D eigenvalue weighted by molar-refractivity contribution is 5.85. The summed E-state index contributed by atoms with van der Waals surface area (Å²) in [7, 11) is 1.68. The Labute approximate surface area is 157 Å². The molecule has 140 valence electrons. The minimum atomic E-state index is 0. The van der Waals surface area contributed by atoms with Gasteiger partial charge in [0.25, 0.3) is 0 Å². The highest BCUT2D eigenvalue weighted by Crippen LogP contribution is 2.41. The van der Waals surface area contributed by atoms with E-state index in [0.29, 0.717) is 24.2 Å². The normalized spacial score (nSPS) is 20.2. The van der Waals surface area contributed by atoms with Crippen molar-refractivity contribution < 1.29 is 9.53 Å². The first-order valence-corrected chi connectivity index (χ1v) is 9.31. The topological polar surface area (TPSA) is 50.4 Å². The minimum Gasteiger partial charge on any atom is -0.497 e. The van der Waals surface area contributed by atoms with Gasteiger partial charge in [0.2, 0.25) is 5.91 Å². The van der Waals surface area contributed by atoms with Gasteiger partial charge in [-0.1, -0.05) is 19.1 Å². The van der Waals surface area contributed by atoms with Crippen molar-refractivity contribution in [2.45, 2.75) is 45.1 Å². The molecule has 4 nitrogen and oxygen atoms in total. The van der Waals surface area contributed by atoms with Gasteiger partial charge < -0.3 is 15.4 Å². The van der Waals surface area contributed by atoms with E-state index in [1.807, 2.05) is 12.1 Å². The Balaban J connectivity index is 0.00000225. The molecule has 0 radical (unpaired) electrons. The number of ether oxygens (including phenoxy) is 1. The second kappa shape index (κ2) is 9.44. The lowest BCUT2D eigenvalue weighted by Gasteiger charge is -2.28. The van der Waals surface area contributed by atoms with Crippen LogP contribution in [0.25, 0.3) is 0 Å². The Morgan fingerprint density at radius 3 is 2.36 bits per heavy atom. The summed E-state index contributed by atoms with van der Waals surface area (Å²) in [6.45, 7) is 4.41. The van der Waals surface area contributed by atoms with Crippen LogP contribution < -0.4 is 15.4 Å². The van der Waals surface area contributed by atoms with E-state index >= 15 is 0 Å². The van der Waals surface area contributed by atoms with Crippen LogP contribution in [0.1, 0.15) is 50.6 Å². The SMILES string of the molecule is COc1ccc(C(NC(=O)CC(C)C2CCNCC2)C2CC2)cc1.Cl. The fourth-order valence-electron chi connectivity index (χ4n) is 3.82. The van der Waals surface area contributed by atoms with E-state index in [-0.39, 0.29) is 24.4 Å². The molecule has 1 heterocycles. The van der Waals surface area contributed by atoms with E-state index in [1.54, 1.807) is 7.11 Å². The van der Waals surface area contributed by atoms with Crippen molar-refractivity contribution in [3.63, 3.8) is 0 Å². The number of carbonyl (C=O) groups excluding carboxylic acids is 1. The van der Waals surface area contributed by atoms with Crippen LogP contribution in [0.4, 0.5) is 0 Å². The standard InChI is InChI=1S/C20H30N2O2.ClH/c1-14(15-9-11-21-12-10-15)13-19(23)22-20(16-3-4-16)17-5-7-18(24-2)8-6-17;/h5-8,14-16,20-21H,3-4,9-13H2,1-2H3,(H,22,23);1H. The smallest absolute Gasteiger partial charge is 0.220 e. The predicted molar refractivity (Wildman–Crippen MR) is 103 cm³/mol. The molecule has 2 aliphatic rings. The second-order valence-corrected chi connectivity index (χ2v) is 7.42. The van der Waals surface area contributed by atoms with Crippen LogP contribution in [-0.4, -0.2) is 26.1 Å². The van der Waals surface area contributed by atoms with Crippen LogP contribution in [0.15, 0.2) is 24.3 Å². The average Bonchev–Trinajstić information content (AvgIpc) is 3.45. The molecule has 2 fully saturated rings. The molecule has 1 aromatic rings. The first kappa shape index (κ1) is 20.1. The zero-order valence-corrected chi connectivity index (χ0v) is 16.1. The second-order valence-electron chi connectivity index (χ2n) is 7.42. The van der Waals surface area contributed by atoms with Gasteiger partial charge in [0.05, 0.1) is 13.2 Å². The van der Waals surface area contributed by atoms with E-state index in [1.165, 1.54) is 31.2 Å². The highest BCUT2D eigenvalue weighted by Gasteiger charge is 2.34. The van der Waals surface area contributed by atoms with Gasteiger partial charge in [0.15, 0.2) is 0 Å². The van der Waals surface area contributed by atoms with Crippen molar-refractivity contribution in [1.29, 1.82) is 0 Å². The molecule has 2 atom stereocenters. The van der Waals surface area contributed by atoms with Crippen molar-refractivity contribution in [1.82, 2.24) is 10.6 Å². The number of piperidine rings is 1. The molecule has 0 bridgehead atoms. The minimum absolute atomic E-state index is 0. The van der Waals surface area contributed by atoms with Crippen LogP contribution in [0.5, 0.6) is 5.75 Å². The number of benzene rings is 1. The lowest BCUT2D eigenvalue weighted by molar-refractivity contribution is -0.123. The molecule has 0 aromatic heterocycles. The summed E-state index contributed by atoms with van der Waals surface area (Å²) in [5.41, 5.74) is 1.20. The Bertz CT molecular complexity index is 539. The average molecular weight is 367 g/mol. The van der Waals surface area contributed by atoms with Gasteiger partial charge in [-0.25, -0.2) is 0 Å². The molecule has 1 saturated heterocycles. The Kier molecular flexibility index (Phi) is 7.57. The van der Waals surface area contributed by atoms with Gasteiger partial charge in [-0.15, -0.1) is 12.4 Å². The molecule has 1 aliphatic carbocycles. The van der Waals surface area contributed by atoms with E-state index in [9.17, 15) is 4.79 Å². The first-order valence-electron chi connectivity index (χ1n) is 9.31. The predicted octanol–water partition coefficient (Wildman–Crippen LogP) is 3.71. The molecule has 1 aromatic carbocycles. The lowest BCUT2D eigenvalue weighted by atomic mass is 9.84. The van der Waals surface area contributed by atoms with Gasteiger partial charge >= 0.3 is 0 Å². The lowest BCUT2D eigenvalue weighted by Crippen LogP contribution is -2.35. The largest absolute Gasteiger partial charge is 0.497 e. The third-order valence-corrected chi connectivity index (χ3v) is 5.58. The van der Waals surface area contributed by atoms with Crippen molar-refractivity contribution >= 4 is 18.3 Å². The molecule has 2 N–H and O–H groups in total. The van der Waals surface area contributed by atoms with E-state index in [4.69, 9.17) is 4.74 Å². The van der Waals surface area contributed by atoms with Gasteiger partial charge in [-0.3, -0.25) is 4.79 Å². The summed E-state index contributed by atoms with van der Waals surface area (Å²) in [6.07, 6.45) is 5.45. The molecule has 2 unspecified atom stereocenters. The molecule has 1 aliphatic heterocycles. The molecule has 3 rings (SSSR count). The molecule has 5 heteroatoms. The quantitative estimate of drug-likeness (QED) is 0.773. The van der Waals surface area contributed by atoms with Gasteiger partial charge in [0, 0.05) is 6.42 Å². The number of hydrogen-bond donors (Lipinski definition) is 2. The summed E-state index contributed by atoms with van der Waals surface area (Å²) in [5.74, 6) is 2.80. The van der Waals surface area contributed by atoms with E-state index in [2.05, 4.69) is 29.7 Å². The maximum atomic E-state index is 12.6. The van der Waals surface area contributed by atoms with Gasteiger partial charge in [0.1, 0.15) is 5.75 Å². The number of methoxy groups -OCH3 is 1. The van der Waals surface area contributed by atoms with Crippen molar-refractivity contribution in [2.24, 2.45) is 17.8 Å². The number of carbonyl (C=O) groups is 1. The maximum Gasteiger partial charge on any atom is 0.220 e. The Morgan fingerprint density at radius 1 is 1.16 bits per heavy atom. The molecule has 25 heavy (non-hydrogen) atoms. The van der Waals surface area contributed by atoms with Crippen molar-refractivity contribution in [2.75, 3.05) is 20.2 Å². The van der Waals surface area contributed by atoms with Gasteiger partial charge in [-0.05, 0) is 74.2 Å². The first-order chi connectivity index (χ1) is 11.7. The number of hydrogen-bond acceptors (Lipinski definition) is 3. The molecule has 1 amide bonds. The number of halogens is 1. The molecular formula is C20H31ClN2O2. The fraction of sp³-hybridized carbons (Fsp3) is 0.650. The number of nitrogens with one attached hydrogen (secondary N) is 2. The summed E-state index contributed by atoms with van der Waals surface area (Å²) < 4.78 is 5.23. The Hall–Kier alpha value is -1.26. The number of amides is 1. The molecular weight excluding hydrogens is 336 g/mol. The van der Waals surface area contributed by atoms with Crippen LogP contribution in [-0.2, 0) is 4.79 Å². The third kappa shape index (κ3) is 5.61. The molecule has 1 saturated carbocycles. The number of rotatable bonds is 7. The summed E-state index contributed by atoms with van der Waals surface area (Å²) in [5, 5.41) is 6.71. The fourth-order valence-corrected chi connectivity index (χ4v) is 3.82. The van der Waals surface area contributed by atoms with Crippen molar-refractivity contribution in [3.05, 3.63) is 29.8 Å². The zero-order valence-electron chi connectivity index (χ0n) is 15.3. The zero-order chi connectivity index (χ0) is 16.9. The van der Waals surface area contributed by atoms with Crippen LogP contribution in [0.2, 0.25) is 0 Å². The third-order valence-electron chi connectivity index (χ3n) is 5.58. The maximum absolute atomic E-state index is 12.6. The summed E-state index contributed by atoms with van der Waals surface area (Å²) in [6, 6.07) is 8.28. The monoisotopic (exact) mass is 366 g/mol. The summed E-state index contributed by atoms with van der Waals surface area (Å²) in [4.78, 5) is 12.6. The van der Waals surface area contributed by atoms with Crippen LogP contribution in [0, 0.1) is 17.8 Å².